The molecule has 1 aliphatic rings. The average Bonchev–Trinajstić information content (AvgIpc) is 2.75. The second-order valence-electron chi connectivity index (χ2n) is 4.31. The topological polar surface area (TPSA) is 33.1 Å². The van der Waals surface area contributed by atoms with Crippen molar-refractivity contribution in [3.8, 4) is 0 Å². The van der Waals surface area contributed by atoms with E-state index in [0.717, 1.165) is 6.42 Å². The fourth-order valence-corrected chi connectivity index (χ4v) is 3.09. The Kier molecular flexibility index (Phi) is 3.19. The van der Waals surface area contributed by atoms with Crippen LogP contribution in [0.3, 0.4) is 0 Å². The Hall–Kier alpha value is -0.410. The van der Waals surface area contributed by atoms with Crippen LogP contribution in [0.2, 0.25) is 0 Å². The average molecular weight is 211 g/mol. The predicted molar refractivity (Wildman–Crippen MR) is 58.3 cm³/mol. The van der Waals surface area contributed by atoms with Crippen molar-refractivity contribution in [2.24, 2.45) is 11.8 Å². The summed E-state index contributed by atoms with van der Waals surface area (Å²) in [4.78, 5) is 5.23. The first-order chi connectivity index (χ1) is 6.77. The summed E-state index contributed by atoms with van der Waals surface area (Å²) < 4.78 is 0. The van der Waals surface area contributed by atoms with Gasteiger partial charge in [-0.3, -0.25) is 4.98 Å². The number of thiazole rings is 1. The Morgan fingerprint density at radius 3 is 3.07 bits per heavy atom. The Balaban J connectivity index is 1.92. The minimum Gasteiger partial charge on any atom is -0.392 e. The molecule has 2 nitrogen and oxygen atoms in total. The molecule has 1 N–H and O–H groups in total. The fraction of sp³-hybridized carbons (Fsp3) is 0.727. The summed E-state index contributed by atoms with van der Waals surface area (Å²) >= 11 is 1.64. The van der Waals surface area contributed by atoms with Crippen LogP contribution in [0.1, 0.15) is 31.1 Å². The van der Waals surface area contributed by atoms with Crippen molar-refractivity contribution in [1.82, 2.24) is 4.98 Å². The number of aliphatic hydroxyl groups excluding tert-OH is 1. The van der Waals surface area contributed by atoms with Gasteiger partial charge in [0.2, 0.25) is 0 Å². The maximum atomic E-state index is 10.1. The minimum atomic E-state index is -0.159. The third-order valence-electron chi connectivity index (χ3n) is 3.32. The van der Waals surface area contributed by atoms with Gasteiger partial charge in [0.1, 0.15) is 0 Å². The zero-order chi connectivity index (χ0) is 9.97. The van der Waals surface area contributed by atoms with Crippen molar-refractivity contribution < 1.29 is 5.11 Å². The van der Waals surface area contributed by atoms with Crippen LogP contribution in [0.4, 0.5) is 0 Å². The van der Waals surface area contributed by atoms with E-state index in [2.05, 4.69) is 11.9 Å². The lowest BCUT2D eigenvalue weighted by atomic mass is 9.90. The van der Waals surface area contributed by atoms with E-state index in [-0.39, 0.29) is 6.10 Å². The molecule has 1 aromatic heterocycles. The van der Waals surface area contributed by atoms with Crippen molar-refractivity contribution in [3.05, 3.63) is 16.6 Å². The molecule has 14 heavy (non-hydrogen) atoms. The van der Waals surface area contributed by atoms with Gasteiger partial charge in [-0.2, -0.15) is 0 Å². The van der Waals surface area contributed by atoms with Gasteiger partial charge in [0.15, 0.2) is 0 Å². The van der Waals surface area contributed by atoms with Gasteiger partial charge >= 0.3 is 0 Å². The molecule has 0 spiro atoms. The van der Waals surface area contributed by atoms with Gasteiger partial charge in [-0.25, -0.2) is 0 Å². The highest BCUT2D eigenvalue weighted by atomic mass is 32.1. The number of hydrogen-bond donors (Lipinski definition) is 1. The van der Waals surface area contributed by atoms with E-state index >= 15 is 0 Å². The molecule has 3 heteroatoms. The lowest BCUT2D eigenvalue weighted by molar-refractivity contribution is 0.0908. The van der Waals surface area contributed by atoms with Crippen molar-refractivity contribution >= 4 is 11.3 Å². The number of hydrogen-bond acceptors (Lipinski definition) is 3. The molecule has 0 aromatic carbocycles. The second kappa shape index (κ2) is 4.41. The van der Waals surface area contributed by atoms with E-state index in [1.54, 1.807) is 11.3 Å². The summed E-state index contributed by atoms with van der Waals surface area (Å²) in [5.41, 5.74) is 1.83. The lowest BCUT2D eigenvalue weighted by Gasteiger charge is -2.21. The molecular formula is C11H17NOS. The van der Waals surface area contributed by atoms with E-state index in [0.29, 0.717) is 11.8 Å². The molecule has 0 radical (unpaired) electrons. The first-order valence-corrected chi connectivity index (χ1v) is 6.21. The van der Waals surface area contributed by atoms with E-state index in [4.69, 9.17) is 0 Å². The van der Waals surface area contributed by atoms with Gasteiger partial charge in [-0.05, 0) is 18.3 Å². The smallest absolute Gasteiger partial charge is 0.0794 e. The maximum absolute atomic E-state index is 10.1. The third-order valence-corrected chi connectivity index (χ3v) is 4.12. The lowest BCUT2D eigenvalue weighted by Crippen LogP contribution is -2.24. The van der Waals surface area contributed by atoms with Gasteiger partial charge < -0.3 is 5.11 Å². The Morgan fingerprint density at radius 2 is 2.50 bits per heavy atom. The van der Waals surface area contributed by atoms with Crippen LogP contribution in [0.15, 0.2) is 11.7 Å². The Morgan fingerprint density at radius 1 is 1.64 bits per heavy atom. The highest BCUT2D eigenvalue weighted by molar-refractivity contribution is 7.09. The Bertz CT molecular complexity index is 273. The van der Waals surface area contributed by atoms with Crippen LogP contribution in [0, 0.1) is 11.8 Å². The highest BCUT2D eigenvalue weighted by Crippen LogP contribution is 2.34. The quantitative estimate of drug-likeness (QED) is 0.833. The molecule has 0 saturated heterocycles. The number of aromatic nitrogens is 1. The molecule has 0 bridgehead atoms. The summed E-state index contributed by atoms with van der Waals surface area (Å²) in [5, 5.41) is 10.1. The Labute approximate surface area is 89.0 Å². The third kappa shape index (κ3) is 2.15. The summed E-state index contributed by atoms with van der Waals surface area (Å²) in [7, 11) is 0. The van der Waals surface area contributed by atoms with Gasteiger partial charge in [-0.1, -0.05) is 19.8 Å². The number of aliphatic hydroxyl groups is 1. The van der Waals surface area contributed by atoms with Crippen molar-refractivity contribution in [1.29, 1.82) is 0 Å². The number of rotatable bonds is 3. The second-order valence-corrected chi connectivity index (χ2v) is 5.28. The monoisotopic (exact) mass is 211 g/mol. The van der Waals surface area contributed by atoms with Crippen LogP contribution in [-0.2, 0) is 6.42 Å². The van der Waals surface area contributed by atoms with E-state index in [1.807, 2.05) is 11.7 Å². The molecule has 3 atom stereocenters. The SMILES string of the molecule is CC1CCCC1C(O)Cc1cncs1. The van der Waals surface area contributed by atoms with Crippen LogP contribution >= 0.6 is 11.3 Å². The standard InChI is InChI=1S/C11H17NOS/c1-8-3-2-4-10(8)11(13)5-9-6-12-7-14-9/h6-8,10-11,13H,2-5H2,1H3. The number of nitrogens with zero attached hydrogens (tertiary/aromatic N) is 1. The molecule has 78 valence electrons. The van der Waals surface area contributed by atoms with Crippen LogP contribution < -0.4 is 0 Å². The van der Waals surface area contributed by atoms with Crippen LogP contribution in [0.5, 0.6) is 0 Å². The van der Waals surface area contributed by atoms with Crippen molar-refractivity contribution in [2.75, 3.05) is 0 Å². The molecule has 3 unspecified atom stereocenters. The molecule has 0 amide bonds. The van der Waals surface area contributed by atoms with Crippen LogP contribution in [0.25, 0.3) is 0 Å². The van der Waals surface area contributed by atoms with Crippen LogP contribution in [-0.4, -0.2) is 16.2 Å². The molecule has 1 aromatic rings. The van der Waals surface area contributed by atoms with Gasteiger partial charge in [0.05, 0.1) is 11.6 Å². The fourth-order valence-electron chi connectivity index (χ4n) is 2.45. The summed E-state index contributed by atoms with van der Waals surface area (Å²) in [6.45, 7) is 2.26. The van der Waals surface area contributed by atoms with E-state index in [9.17, 15) is 5.11 Å². The van der Waals surface area contributed by atoms with Gasteiger partial charge in [0, 0.05) is 17.5 Å². The van der Waals surface area contributed by atoms with E-state index in [1.165, 1.54) is 24.1 Å². The molecule has 0 aliphatic heterocycles. The summed E-state index contributed by atoms with van der Waals surface area (Å²) in [6.07, 6.45) is 6.26. The summed E-state index contributed by atoms with van der Waals surface area (Å²) in [6, 6.07) is 0. The molecule has 1 heterocycles. The minimum absolute atomic E-state index is 0.159. The highest BCUT2D eigenvalue weighted by Gasteiger charge is 2.29. The first-order valence-electron chi connectivity index (χ1n) is 5.33. The van der Waals surface area contributed by atoms with Crippen molar-refractivity contribution in [3.63, 3.8) is 0 Å². The van der Waals surface area contributed by atoms with Gasteiger partial charge in [0.25, 0.3) is 0 Å². The van der Waals surface area contributed by atoms with Gasteiger partial charge in [-0.15, -0.1) is 11.3 Å². The molecular weight excluding hydrogens is 194 g/mol. The predicted octanol–water partition coefficient (Wildman–Crippen LogP) is 2.48. The maximum Gasteiger partial charge on any atom is 0.0794 e. The van der Waals surface area contributed by atoms with E-state index < -0.39 is 0 Å². The molecule has 1 aliphatic carbocycles. The molecule has 2 rings (SSSR count). The van der Waals surface area contributed by atoms with Crippen molar-refractivity contribution in [2.45, 2.75) is 38.7 Å². The first kappa shape index (κ1) is 10.1. The largest absolute Gasteiger partial charge is 0.392 e. The molecule has 1 saturated carbocycles. The molecule has 1 fully saturated rings. The summed E-state index contributed by atoms with van der Waals surface area (Å²) in [5.74, 6) is 1.20. The zero-order valence-electron chi connectivity index (χ0n) is 8.52. The normalized spacial score (nSPS) is 29.3. The zero-order valence-corrected chi connectivity index (χ0v) is 9.33.